The van der Waals surface area contributed by atoms with E-state index in [1.807, 2.05) is 47.5 Å². The first-order valence-electron chi connectivity index (χ1n) is 12.7. The first-order valence-corrected chi connectivity index (χ1v) is 13.5. The number of hydrogen-bond donors (Lipinski definition) is 1. The predicted molar refractivity (Wildman–Crippen MR) is 141 cm³/mol. The molecule has 1 aromatic carbocycles. The molecule has 2 saturated heterocycles. The third-order valence-corrected chi connectivity index (χ3v) is 7.80. The summed E-state index contributed by atoms with van der Waals surface area (Å²) in [5, 5.41) is 6.48. The zero-order valence-electron chi connectivity index (χ0n) is 21.3. The van der Waals surface area contributed by atoms with Gasteiger partial charge in [-0.25, -0.2) is 0 Å². The van der Waals surface area contributed by atoms with Crippen molar-refractivity contribution in [3.8, 4) is 5.88 Å². The number of carbonyl (C=O) groups is 3. The Hall–Kier alpha value is -3.38. The lowest BCUT2D eigenvalue weighted by Crippen LogP contribution is -2.45. The summed E-state index contributed by atoms with van der Waals surface area (Å²) in [5.41, 5.74) is 8.92. The van der Waals surface area contributed by atoms with Crippen LogP contribution >= 0.6 is 11.3 Å². The second kappa shape index (κ2) is 11.6. The number of benzene rings is 1. The topological polar surface area (TPSA) is 120 Å². The molecule has 0 bridgehead atoms. The summed E-state index contributed by atoms with van der Waals surface area (Å²) < 4.78 is 12.8. The number of ether oxygens (including phenoxy) is 2. The van der Waals surface area contributed by atoms with Gasteiger partial charge in [0.1, 0.15) is 6.61 Å². The van der Waals surface area contributed by atoms with Crippen LogP contribution in [-0.4, -0.2) is 76.7 Å². The van der Waals surface area contributed by atoms with Crippen LogP contribution in [0, 0.1) is 6.92 Å². The molecule has 0 spiro atoms. The molecule has 3 aromatic rings. The number of aromatic nitrogens is 2. The molecule has 11 heteroatoms. The molecule has 1 atom stereocenters. The predicted octanol–water partition coefficient (Wildman–Crippen LogP) is 2.15. The van der Waals surface area contributed by atoms with Crippen LogP contribution in [0.3, 0.4) is 0 Å². The number of amides is 2. The van der Waals surface area contributed by atoms with Crippen molar-refractivity contribution in [2.75, 3.05) is 39.4 Å². The molecule has 0 aliphatic carbocycles. The Morgan fingerprint density at radius 1 is 1.16 bits per heavy atom. The van der Waals surface area contributed by atoms with Crippen molar-refractivity contribution in [3.05, 3.63) is 69.0 Å². The molecule has 4 heterocycles. The van der Waals surface area contributed by atoms with Gasteiger partial charge in [0.25, 0.3) is 5.91 Å². The van der Waals surface area contributed by atoms with Crippen LogP contribution in [0.25, 0.3) is 0 Å². The van der Waals surface area contributed by atoms with Crippen LogP contribution in [0.4, 0.5) is 0 Å². The number of imide groups is 1. The molecule has 2 aromatic heterocycles. The molecule has 1 unspecified atom stereocenters. The van der Waals surface area contributed by atoms with Crippen molar-refractivity contribution in [1.82, 2.24) is 19.6 Å². The second-order valence-corrected chi connectivity index (χ2v) is 10.5. The Balaban J connectivity index is 1.37. The summed E-state index contributed by atoms with van der Waals surface area (Å²) >= 11 is 1.32. The quantitative estimate of drug-likeness (QED) is 0.464. The summed E-state index contributed by atoms with van der Waals surface area (Å²) in [4.78, 5) is 43.0. The van der Waals surface area contributed by atoms with E-state index in [1.165, 1.54) is 20.9 Å². The molecule has 5 rings (SSSR count). The summed E-state index contributed by atoms with van der Waals surface area (Å²) in [6.45, 7) is 5.45. The van der Waals surface area contributed by atoms with Crippen LogP contribution in [0.1, 0.15) is 44.4 Å². The molecule has 2 aliphatic heterocycles. The van der Waals surface area contributed by atoms with Crippen LogP contribution in [0.2, 0.25) is 0 Å². The molecule has 0 radical (unpaired) electrons. The average molecular weight is 538 g/mol. The van der Waals surface area contributed by atoms with Gasteiger partial charge >= 0.3 is 0 Å². The van der Waals surface area contributed by atoms with Crippen molar-refractivity contribution in [3.63, 3.8) is 0 Å². The van der Waals surface area contributed by atoms with Gasteiger partial charge in [0, 0.05) is 44.1 Å². The minimum Gasteiger partial charge on any atom is -0.472 e. The third-order valence-electron chi connectivity index (χ3n) is 6.94. The van der Waals surface area contributed by atoms with Gasteiger partial charge in [-0.15, -0.1) is 11.3 Å². The van der Waals surface area contributed by atoms with E-state index in [-0.39, 0.29) is 49.8 Å². The van der Waals surface area contributed by atoms with E-state index in [9.17, 15) is 14.4 Å². The standard InChI is InChI=1S/C27H31N5O5S/c1-18-25(21-13-23(33)31(15-21)24(34)16-30-8-10-36-11-9-30)29-32(26(35)22-3-2-12-38-22)27(18)37-17-20-6-4-19(14-28)5-7-20/h2-7,12,21H,8-11,13-17,28H2,1H3. The highest BCUT2D eigenvalue weighted by Crippen LogP contribution is 2.35. The molecule has 10 nitrogen and oxygen atoms in total. The van der Waals surface area contributed by atoms with Gasteiger partial charge in [0.15, 0.2) is 0 Å². The highest BCUT2D eigenvalue weighted by atomic mass is 32.1. The highest BCUT2D eigenvalue weighted by Gasteiger charge is 2.38. The van der Waals surface area contributed by atoms with Crippen LogP contribution in [-0.2, 0) is 27.5 Å². The van der Waals surface area contributed by atoms with E-state index in [0.717, 1.165) is 11.1 Å². The van der Waals surface area contributed by atoms with E-state index >= 15 is 0 Å². The molecule has 2 amide bonds. The Morgan fingerprint density at radius 2 is 1.89 bits per heavy atom. The van der Waals surface area contributed by atoms with Crippen molar-refractivity contribution in [2.45, 2.75) is 32.4 Å². The fraction of sp³-hybridized carbons (Fsp3) is 0.407. The van der Waals surface area contributed by atoms with Gasteiger partial charge < -0.3 is 15.2 Å². The third kappa shape index (κ3) is 5.56. The molecule has 38 heavy (non-hydrogen) atoms. The molecule has 200 valence electrons. The zero-order chi connectivity index (χ0) is 26.6. The number of nitrogens with zero attached hydrogens (tertiary/aromatic N) is 4. The fourth-order valence-electron chi connectivity index (χ4n) is 4.79. The first kappa shape index (κ1) is 26.2. The number of hydrogen-bond acceptors (Lipinski definition) is 9. The average Bonchev–Trinajstić information content (AvgIpc) is 3.67. The monoisotopic (exact) mass is 537 g/mol. The molecule has 2 aliphatic rings. The van der Waals surface area contributed by atoms with Crippen LogP contribution < -0.4 is 10.5 Å². The lowest BCUT2D eigenvalue weighted by Gasteiger charge is -2.27. The smallest absolute Gasteiger partial charge is 0.291 e. The second-order valence-electron chi connectivity index (χ2n) is 9.51. The van der Waals surface area contributed by atoms with Crippen molar-refractivity contribution in [2.24, 2.45) is 5.73 Å². The van der Waals surface area contributed by atoms with Gasteiger partial charge in [-0.2, -0.15) is 9.78 Å². The minimum absolute atomic E-state index is 0.153. The Morgan fingerprint density at radius 3 is 2.58 bits per heavy atom. The van der Waals surface area contributed by atoms with Crippen molar-refractivity contribution >= 4 is 29.1 Å². The number of nitrogens with two attached hydrogens (primary N) is 1. The van der Waals surface area contributed by atoms with Crippen LogP contribution in [0.15, 0.2) is 41.8 Å². The lowest BCUT2D eigenvalue weighted by atomic mass is 10.0. The Labute approximate surface area is 224 Å². The van der Waals surface area contributed by atoms with Gasteiger partial charge in [0.05, 0.1) is 30.3 Å². The van der Waals surface area contributed by atoms with Gasteiger partial charge in [0.2, 0.25) is 17.7 Å². The number of morpholine rings is 1. The fourth-order valence-corrected chi connectivity index (χ4v) is 5.44. The maximum Gasteiger partial charge on any atom is 0.291 e. The van der Waals surface area contributed by atoms with E-state index < -0.39 is 0 Å². The summed E-state index contributed by atoms with van der Waals surface area (Å²) in [6.07, 6.45) is 0.153. The normalized spacial score (nSPS) is 18.2. The zero-order valence-corrected chi connectivity index (χ0v) is 22.1. The van der Waals surface area contributed by atoms with Gasteiger partial charge in [-0.1, -0.05) is 30.3 Å². The molecular weight excluding hydrogens is 506 g/mol. The van der Waals surface area contributed by atoms with E-state index in [1.54, 1.807) is 6.07 Å². The Kier molecular flexibility index (Phi) is 7.98. The summed E-state index contributed by atoms with van der Waals surface area (Å²) in [5.74, 6) is -0.725. The van der Waals surface area contributed by atoms with Gasteiger partial charge in [-0.3, -0.25) is 24.2 Å². The van der Waals surface area contributed by atoms with Crippen molar-refractivity contribution < 1.29 is 23.9 Å². The molecular formula is C27H31N5O5S. The number of thiophene rings is 1. The van der Waals surface area contributed by atoms with E-state index in [2.05, 4.69) is 5.10 Å². The summed E-state index contributed by atoms with van der Waals surface area (Å²) in [6, 6.07) is 11.3. The molecule has 2 fully saturated rings. The number of rotatable bonds is 8. The minimum atomic E-state index is -0.320. The SMILES string of the molecule is Cc1c(C2CC(=O)N(C(=O)CN3CCOCC3)C2)nn(C(=O)c2cccs2)c1OCc1ccc(CN)cc1. The van der Waals surface area contributed by atoms with E-state index in [0.29, 0.717) is 54.9 Å². The number of carbonyl (C=O) groups excluding carboxylic acids is 3. The Bertz CT molecular complexity index is 1300. The highest BCUT2D eigenvalue weighted by molar-refractivity contribution is 7.12. The van der Waals surface area contributed by atoms with Crippen molar-refractivity contribution in [1.29, 1.82) is 0 Å². The lowest BCUT2D eigenvalue weighted by molar-refractivity contribution is -0.143. The summed E-state index contributed by atoms with van der Waals surface area (Å²) in [7, 11) is 0. The molecule has 0 saturated carbocycles. The van der Waals surface area contributed by atoms with Crippen LogP contribution in [0.5, 0.6) is 5.88 Å². The first-order chi connectivity index (χ1) is 18.4. The molecule has 2 N–H and O–H groups in total. The van der Waals surface area contributed by atoms with Gasteiger partial charge in [-0.05, 0) is 29.5 Å². The maximum atomic E-state index is 13.3. The number of likely N-dealkylation sites (tertiary alicyclic amines) is 1. The largest absolute Gasteiger partial charge is 0.472 e. The van der Waals surface area contributed by atoms with E-state index in [4.69, 9.17) is 15.2 Å². The maximum absolute atomic E-state index is 13.3.